The number of esters is 1. The summed E-state index contributed by atoms with van der Waals surface area (Å²) in [7, 11) is 0. The average molecular weight is 534 g/mol. The van der Waals surface area contributed by atoms with Gasteiger partial charge in [0, 0.05) is 51.6 Å². The van der Waals surface area contributed by atoms with E-state index in [-0.39, 0.29) is 12.9 Å². The third kappa shape index (κ3) is 4.95. The minimum absolute atomic E-state index is 0.134. The van der Waals surface area contributed by atoms with Crippen LogP contribution in [-0.4, -0.2) is 72.6 Å². The largest absolute Gasteiger partial charge is 0.459 e. The van der Waals surface area contributed by atoms with Crippen molar-refractivity contribution in [2.75, 3.05) is 33.0 Å². The quantitative estimate of drug-likeness (QED) is 0.272. The van der Waals surface area contributed by atoms with Crippen LogP contribution < -0.4 is 0 Å². The number of ether oxygens (including phenoxy) is 3. The molecule has 4 aliphatic heterocycles. The third-order valence-electron chi connectivity index (χ3n) is 9.75. The van der Waals surface area contributed by atoms with Gasteiger partial charge in [0.15, 0.2) is 6.79 Å². The molecule has 4 fully saturated rings. The molecule has 2 aromatic rings. The van der Waals surface area contributed by atoms with Gasteiger partial charge in [-0.25, -0.2) is 9.59 Å². The number of piperidine rings is 2. The van der Waals surface area contributed by atoms with Crippen molar-refractivity contribution < 1.29 is 28.3 Å². The fraction of sp³-hybridized carbons (Fsp3) is 0.562. The van der Waals surface area contributed by atoms with Crippen molar-refractivity contribution in [3.63, 3.8) is 0 Å². The number of amides is 1. The summed E-state index contributed by atoms with van der Waals surface area (Å²) >= 11 is 0. The molecule has 6 rings (SSSR count). The van der Waals surface area contributed by atoms with Gasteiger partial charge in [0.2, 0.25) is 5.60 Å². The molecular weight excluding hydrogens is 492 g/mol. The van der Waals surface area contributed by atoms with E-state index in [1.54, 1.807) is 4.90 Å². The van der Waals surface area contributed by atoms with E-state index in [4.69, 9.17) is 14.2 Å². The lowest BCUT2D eigenvalue weighted by atomic mass is 9.85. The summed E-state index contributed by atoms with van der Waals surface area (Å²) < 4.78 is 19.6. The molecule has 4 aliphatic rings. The van der Waals surface area contributed by atoms with E-state index in [9.17, 15) is 9.59 Å². The smallest absolute Gasteiger partial charge is 0.411 e. The number of hydrogen-bond acceptors (Lipinski definition) is 5. The van der Waals surface area contributed by atoms with Crippen molar-refractivity contribution in [1.82, 2.24) is 4.90 Å². The summed E-state index contributed by atoms with van der Waals surface area (Å²) in [6.07, 6.45) is 9.44. The number of nitrogens with zero attached hydrogens (tertiary/aromatic N) is 2. The fourth-order valence-corrected chi connectivity index (χ4v) is 7.85. The van der Waals surface area contributed by atoms with Crippen molar-refractivity contribution in [3.8, 4) is 0 Å². The van der Waals surface area contributed by atoms with E-state index in [1.165, 1.54) is 43.3 Å². The Kier molecular flexibility index (Phi) is 7.63. The zero-order valence-electron chi connectivity index (χ0n) is 22.8. The van der Waals surface area contributed by atoms with Crippen LogP contribution in [-0.2, 0) is 24.6 Å². The van der Waals surface area contributed by atoms with Crippen LogP contribution in [0.1, 0.15) is 68.9 Å². The highest BCUT2D eigenvalue weighted by Gasteiger charge is 2.57. The van der Waals surface area contributed by atoms with E-state index in [1.807, 2.05) is 60.7 Å². The van der Waals surface area contributed by atoms with E-state index < -0.39 is 17.7 Å². The molecular formula is C32H41N2O5+. The summed E-state index contributed by atoms with van der Waals surface area (Å²) in [5.74, 6) is -0.437. The standard InChI is InChI=1S/C32H41N2O5/c35-30(39-29-22-27-16-17-28(23-29)34(27)20-10-11-21-34)32(25-12-4-1-5-13-25,26-14-6-2-7-15-26)38-24-37-31(36)33-18-8-3-9-19-33/h1-2,4-7,12-15,27-29H,3,8-11,16-24H2/q+1. The number of quaternary nitrogens is 1. The van der Waals surface area contributed by atoms with Crippen molar-refractivity contribution >= 4 is 12.1 Å². The van der Waals surface area contributed by atoms with Gasteiger partial charge in [0.25, 0.3) is 0 Å². The molecule has 0 saturated carbocycles. The molecule has 2 atom stereocenters. The number of hydrogen-bond donors (Lipinski definition) is 0. The Morgan fingerprint density at radius 1 is 0.795 bits per heavy atom. The lowest BCUT2D eigenvalue weighted by Crippen LogP contribution is -2.60. The summed E-state index contributed by atoms with van der Waals surface area (Å²) in [5, 5.41) is 0. The van der Waals surface area contributed by atoms with Crippen LogP contribution in [0.15, 0.2) is 60.7 Å². The van der Waals surface area contributed by atoms with Crippen molar-refractivity contribution in [2.45, 2.75) is 81.6 Å². The molecule has 4 heterocycles. The van der Waals surface area contributed by atoms with Crippen molar-refractivity contribution in [2.24, 2.45) is 0 Å². The first kappa shape index (κ1) is 26.3. The number of likely N-dealkylation sites (tertiary alicyclic amines) is 1. The monoisotopic (exact) mass is 533 g/mol. The maximum Gasteiger partial charge on any atom is 0.411 e. The van der Waals surface area contributed by atoms with Crippen LogP contribution in [0.3, 0.4) is 0 Å². The Bertz CT molecular complexity index is 1070. The molecule has 7 nitrogen and oxygen atoms in total. The number of carbonyl (C=O) groups excluding carboxylic acids is 2. The molecule has 2 unspecified atom stereocenters. The summed E-state index contributed by atoms with van der Waals surface area (Å²) in [5.41, 5.74) is -0.213. The highest BCUT2D eigenvalue weighted by molar-refractivity contribution is 5.86. The minimum atomic E-state index is -1.54. The van der Waals surface area contributed by atoms with E-state index in [2.05, 4.69) is 0 Å². The molecule has 2 bridgehead atoms. The van der Waals surface area contributed by atoms with Crippen LogP contribution in [0.4, 0.5) is 4.79 Å². The molecule has 1 spiro atoms. The molecule has 39 heavy (non-hydrogen) atoms. The number of carbonyl (C=O) groups is 2. The molecule has 0 aliphatic carbocycles. The number of benzene rings is 2. The summed E-state index contributed by atoms with van der Waals surface area (Å²) in [6, 6.07) is 20.1. The van der Waals surface area contributed by atoms with Gasteiger partial charge in [0.05, 0.1) is 25.2 Å². The van der Waals surface area contributed by atoms with Gasteiger partial charge in [-0.1, -0.05) is 60.7 Å². The Morgan fingerprint density at radius 2 is 1.36 bits per heavy atom. The normalized spacial score (nSPS) is 25.9. The highest BCUT2D eigenvalue weighted by Crippen LogP contribution is 2.47. The first-order chi connectivity index (χ1) is 19.1. The molecule has 1 amide bonds. The highest BCUT2D eigenvalue weighted by atomic mass is 16.7. The minimum Gasteiger partial charge on any atom is -0.459 e. The summed E-state index contributed by atoms with van der Waals surface area (Å²) in [4.78, 5) is 28.8. The Labute approximate surface area is 231 Å². The molecule has 7 heteroatoms. The van der Waals surface area contributed by atoms with Gasteiger partial charge in [-0.2, -0.15) is 0 Å². The molecule has 0 N–H and O–H groups in total. The third-order valence-corrected chi connectivity index (χ3v) is 9.75. The molecule has 208 valence electrons. The van der Waals surface area contributed by atoms with Gasteiger partial charge in [-0.05, 0) is 30.4 Å². The molecule has 2 aromatic carbocycles. The first-order valence-electron chi connectivity index (χ1n) is 14.9. The second kappa shape index (κ2) is 11.3. The number of rotatable bonds is 7. The topological polar surface area (TPSA) is 65.1 Å². The zero-order valence-corrected chi connectivity index (χ0v) is 22.8. The fourth-order valence-electron chi connectivity index (χ4n) is 7.85. The average Bonchev–Trinajstić information content (AvgIpc) is 3.53. The van der Waals surface area contributed by atoms with Crippen molar-refractivity contribution in [3.05, 3.63) is 71.8 Å². The van der Waals surface area contributed by atoms with Crippen LogP contribution in [0.2, 0.25) is 0 Å². The van der Waals surface area contributed by atoms with Gasteiger partial charge >= 0.3 is 12.1 Å². The maximum atomic E-state index is 14.4. The Morgan fingerprint density at radius 3 is 1.92 bits per heavy atom. The van der Waals surface area contributed by atoms with Crippen LogP contribution in [0.25, 0.3) is 0 Å². The lowest BCUT2D eigenvalue weighted by molar-refractivity contribution is -0.956. The van der Waals surface area contributed by atoms with Gasteiger partial charge < -0.3 is 23.6 Å². The second-order valence-electron chi connectivity index (χ2n) is 11.8. The molecule has 0 radical (unpaired) electrons. The predicted molar refractivity (Wildman–Crippen MR) is 147 cm³/mol. The zero-order chi connectivity index (χ0) is 26.7. The maximum absolute atomic E-state index is 14.4. The van der Waals surface area contributed by atoms with E-state index in [0.29, 0.717) is 36.3 Å². The first-order valence-corrected chi connectivity index (χ1v) is 14.9. The van der Waals surface area contributed by atoms with E-state index in [0.717, 1.165) is 32.1 Å². The van der Waals surface area contributed by atoms with Crippen molar-refractivity contribution in [1.29, 1.82) is 0 Å². The molecule has 4 saturated heterocycles. The summed E-state index contributed by atoms with van der Waals surface area (Å²) in [6.45, 7) is 3.59. The van der Waals surface area contributed by atoms with E-state index >= 15 is 0 Å². The van der Waals surface area contributed by atoms with Crippen LogP contribution in [0, 0.1) is 0 Å². The van der Waals surface area contributed by atoms with Gasteiger partial charge in [0.1, 0.15) is 6.10 Å². The van der Waals surface area contributed by atoms with Crippen LogP contribution in [0.5, 0.6) is 0 Å². The Balaban J connectivity index is 1.25. The lowest BCUT2D eigenvalue weighted by Gasteiger charge is -2.47. The molecule has 0 aromatic heterocycles. The SMILES string of the molecule is O=C(OCOC(C(=O)OC1CC2CCC(C1)[N+]21CCCC1)(c1ccccc1)c1ccccc1)N1CCCCC1. The Hall–Kier alpha value is -2.90. The second-order valence-corrected chi connectivity index (χ2v) is 11.8. The van der Waals surface area contributed by atoms with Gasteiger partial charge in [-0.15, -0.1) is 0 Å². The van der Waals surface area contributed by atoms with Crippen LogP contribution >= 0.6 is 0 Å². The predicted octanol–water partition coefficient (Wildman–Crippen LogP) is 5.37. The van der Waals surface area contributed by atoms with Gasteiger partial charge in [-0.3, -0.25) is 0 Å².